The normalized spacial score (nSPS) is 30.8. The van der Waals surface area contributed by atoms with Crippen molar-refractivity contribution in [2.24, 2.45) is 11.3 Å². The van der Waals surface area contributed by atoms with E-state index in [0.717, 1.165) is 36.1 Å². The second-order valence-electron chi connectivity index (χ2n) is 9.97. The first kappa shape index (κ1) is 19.9. The number of carbonyl (C=O) groups excluding carboxylic acids is 3. The molecule has 0 aromatic heterocycles. The van der Waals surface area contributed by atoms with Gasteiger partial charge < -0.3 is 10.6 Å². The van der Waals surface area contributed by atoms with Gasteiger partial charge in [0.25, 0.3) is 5.91 Å². The minimum atomic E-state index is -0.865. The standard InChI is InChI=1S/C23H31N3O3/c1-15-11-22(2,3)14-23(12-15)20(28)26(21(29)25-23)13-19(27)24-18-10-6-8-16-7-4-5-9-17(16)18/h4-5,7,9,15,18H,6,8,10-14H2,1-3H3,(H,24,27)(H,25,29)/t15-,18-,23-/m1/s1. The second-order valence-corrected chi connectivity index (χ2v) is 9.97. The summed E-state index contributed by atoms with van der Waals surface area (Å²) >= 11 is 0. The molecule has 1 saturated heterocycles. The van der Waals surface area contributed by atoms with E-state index in [1.807, 2.05) is 18.2 Å². The zero-order valence-electron chi connectivity index (χ0n) is 17.6. The summed E-state index contributed by atoms with van der Waals surface area (Å²) in [5, 5.41) is 5.98. The van der Waals surface area contributed by atoms with Gasteiger partial charge in [0.05, 0.1) is 6.04 Å². The topological polar surface area (TPSA) is 78.5 Å². The highest BCUT2D eigenvalue weighted by atomic mass is 16.2. The minimum absolute atomic E-state index is 0.0231. The van der Waals surface area contributed by atoms with Crippen LogP contribution in [0.3, 0.4) is 0 Å². The van der Waals surface area contributed by atoms with E-state index in [1.165, 1.54) is 5.56 Å². The molecule has 29 heavy (non-hydrogen) atoms. The summed E-state index contributed by atoms with van der Waals surface area (Å²) in [4.78, 5) is 39.7. The van der Waals surface area contributed by atoms with Crippen LogP contribution in [0.4, 0.5) is 4.79 Å². The molecule has 3 atom stereocenters. The summed E-state index contributed by atoms with van der Waals surface area (Å²) in [6.07, 6.45) is 5.18. The SMILES string of the molecule is C[C@@H]1CC(C)(C)C[C@@]2(C1)NC(=O)N(CC(=O)N[C@@H]1CCCc3ccccc31)C2=O. The van der Waals surface area contributed by atoms with Crippen molar-refractivity contribution >= 4 is 17.8 Å². The summed E-state index contributed by atoms with van der Waals surface area (Å²) in [6.45, 7) is 6.18. The first-order valence-electron chi connectivity index (χ1n) is 10.7. The maximum Gasteiger partial charge on any atom is 0.325 e. The molecule has 1 spiro atoms. The Morgan fingerprint density at radius 2 is 2.00 bits per heavy atom. The van der Waals surface area contributed by atoms with Crippen molar-refractivity contribution in [3.63, 3.8) is 0 Å². The maximum absolute atomic E-state index is 13.2. The lowest BCUT2D eigenvalue weighted by atomic mass is 9.64. The van der Waals surface area contributed by atoms with E-state index in [2.05, 4.69) is 37.5 Å². The Morgan fingerprint density at radius 3 is 2.76 bits per heavy atom. The van der Waals surface area contributed by atoms with Gasteiger partial charge >= 0.3 is 6.03 Å². The van der Waals surface area contributed by atoms with E-state index in [1.54, 1.807) is 0 Å². The number of carbonyl (C=O) groups is 3. The van der Waals surface area contributed by atoms with Crippen LogP contribution in [-0.2, 0) is 16.0 Å². The fourth-order valence-corrected chi connectivity index (χ4v) is 5.94. The van der Waals surface area contributed by atoms with Crippen molar-refractivity contribution in [1.29, 1.82) is 0 Å². The van der Waals surface area contributed by atoms with Crippen molar-refractivity contribution in [3.8, 4) is 0 Å². The average Bonchev–Trinajstić information content (AvgIpc) is 2.83. The molecule has 156 valence electrons. The third kappa shape index (κ3) is 3.77. The summed E-state index contributed by atoms with van der Waals surface area (Å²) in [5.74, 6) is -0.188. The van der Waals surface area contributed by atoms with Crippen LogP contribution in [0, 0.1) is 11.3 Å². The van der Waals surface area contributed by atoms with Crippen LogP contribution in [0.2, 0.25) is 0 Å². The van der Waals surface area contributed by atoms with Gasteiger partial charge in [-0.1, -0.05) is 45.0 Å². The molecular weight excluding hydrogens is 366 g/mol. The predicted octanol–water partition coefficient (Wildman–Crippen LogP) is 3.32. The number of rotatable bonds is 3. The highest BCUT2D eigenvalue weighted by molar-refractivity contribution is 6.09. The lowest BCUT2D eigenvalue weighted by molar-refractivity contribution is -0.137. The molecular formula is C23H31N3O3. The van der Waals surface area contributed by atoms with E-state index in [9.17, 15) is 14.4 Å². The maximum atomic E-state index is 13.2. The van der Waals surface area contributed by atoms with E-state index in [0.29, 0.717) is 18.8 Å². The van der Waals surface area contributed by atoms with Gasteiger partial charge in [-0.15, -0.1) is 0 Å². The highest BCUT2D eigenvalue weighted by Crippen LogP contribution is 2.46. The zero-order valence-corrected chi connectivity index (χ0v) is 17.6. The van der Waals surface area contributed by atoms with E-state index in [-0.39, 0.29) is 29.8 Å². The lowest BCUT2D eigenvalue weighted by Crippen LogP contribution is -2.54. The van der Waals surface area contributed by atoms with Crippen LogP contribution in [0.5, 0.6) is 0 Å². The van der Waals surface area contributed by atoms with Crippen LogP contribution in [-0.4, -0.2) is 34.8 Å². The molecule has 0 radical (unpaired) electrons. The smallest absolute Gasteiger partial charge is 0.325 e. The van der Waals surface area contributed by atoms with Gasteiger partial charge in [-0.2, -0.15) is 0 Å². The molecule has 0 unspecified atom stereocenters. The molecule has 1 aliphatic heterocycles. The third-order valence-electron chi connectivity index (χ3n) is 6.63. The Balaban J connectivity index is 1.45. The Morgan fingerprint density at radius 1 is 1.24 bits per heavy atom. The van der Waals surface area contributed by atoms with Crippen molar-refractivity contribution < 1.29 is 14.4 Å². The lowest BCUT2D eigenvalue weighted by Gasteiger charge is -2.43. The molecule has 2 fully saturated rings. The first-order valence-corrected chi connectivity index (χ1v) is 10.7. The van der Waals surface area contributed by atoms with Crippen molar-refractivity contribution in [2.45, 2.75) is 70.9 Å². The van der Waals surface area contributed by atoms with Crippen molar-refractivity contribution in [2.75, 3.05) is 6.54 Å². The Hall–Kier alpha value is -2.37. The number of imide groups is 1. The van der Waals surface area contributed by atoms with Gasteiger partial charge in [-0.05, 0) is 61.0 Å². The van der Waals surface area contributed by atoms with Crippen LogP contribution in [0.25, 0.3) is 0 Å². The quantitative estimate of drug-likeness (QED) is 0.768. The molecule has 1 heterocycles. The average molecular weight is 398 g/mol. The number of hydrogen-bond donors (Lipinski definition) is 2. The molecule has 1 aromatic carbocycles. The molecule has 1 aromatic rings. The molecule has 4 rings (SSSR count). The number of aryl methyl sites for hydroxylation is 1. The number of amides is 4. The van der Waals surface area contributed by atoms with Gasteiger partial charge in [-0.3, -0.25) is 14.5 Å². The molecule has 4 amide bonds. The molecule has 3 aliphatic rings. The Labute approximate surface area is 172 Å². The third-order valence-corrected chi connectivity index (χ3v) is 6.63. The largest absolute Gasteiger partial charge is 0.348 e. The number of urea groups is 1. The van der Waals surface area contributed by atoms with Gasteiger partial charge in [0.2, 0.25) is 5.91 Å². The van der Waals surface area contributed by atoms with Gasteiger partial charge in [0.1, 0.15) is 12.1 Å². The molecule has 6 nitrogen and oxygen atoms in total. The Bertz CT molecular complexity index is 850. The van der Waals surface area contributed by atoms with Crippen LogP contribution in [0.15, 0.2) is 24.3 Å². The van der Waals surface area contributed by atoms with E-state index < -0.39 is 11.6 Å². The predicted molar refractivity (Wildman–Crippen MR) is 110 cm³/mol. The highest BCUT2D eigenvalue weighted by Gasteiger charge is 2.56. The van der Waals surface area contributed by atoms with Gasteiger partial charge in [0.15, 0.2) is 0 Å². The number of hydrogen-bond acceptors (Lipinski definition) is 3. The fourth-order valence-electron chi connectivity index (χ4n) is 5.94. The minimum Gasteiger partial charge on any atom is -0.348 e. The zero-order chi connectivity index (χ0) is 20.8. The Kier molecular flexibility index (Phi) is 4.91. The second kappa shape index (κ2) is 7.15. The molecule has 2 aliphatic carbocycles. The monoisotopic (exact) mass is 397 g/mol. The van der Waals surface area contributed by atoms with Crippen molar-refractivity contribution in [3.05, 3.63) is 35.4 Å². The van der Waals surface area contributed by atoms with Crippen molar-refractivity contribution in [1.82, 2.24) is 15.5 Å². The summed E-state index contributed by atoms with van der Waals surface area (Å²) < 4.78 is 0. The van der Waals surface area contributed by atoms with Gasteiger partial charge in [0, 0.05) is 0 Å². The molecule has 6 heteroatoms. The number of fused-ring (bicyclic) bond motifs is 1. The number of benzene rings is 1. The van der Waals surface area contributed by atoms with E-state index >= 15 is 0 Å². The number of nitrogens with one attached hydrogen (secondary N) is 2. The van der Waals surface area contributed by atoms with Crippen LogP contribution in [0.1, 0.15) is 70.0 Å². The van der Waals surface area contributed by atoms with Gasteiger partial charge in [-0.25, -0.2) is 4.79 Å². The summed E-state index contributed by atoms with van der Waals surface area (Å²) in [5.41, 5.74) is 1.51. The van der Waals surface area contributed by atoms with Crippen LogP contribution >= 0.6 is 0 Å². The summed E-state index contributed by atoms with van der Waals surface area (Å²) in [7, 11) is 0. The molecule has 0 bridgehead atoms. The molecule has 1 saturated carbocycles. The first-order chi connectivity index (χ1) is 13.7. The van der Waals surface area contributed by atoms with E-state index in [4.69, 9.17) is 0 Å². The summed E-state index contributed by atoms with van der Waals surface area (Å²) in [6, 6.07) is 7.64. The molecule has 2 N–H and O–H groups in total. The van der Waals surface area contributed by atoms with Crippen LogP contribution < -0.4 is 10.6 Å². The number of nitrogens with zero attached hydrogens (tertiary/aromatic N) is 1. The fraction of sp³-hybridized carbons (Fsp3) is 0.609.